The van der Waals surface area contributed by atoms with Crippen LogP contribution in [0.1, 0.15) is 20.3 Å². The number of likely N-dealkylation sites (tertiary alicyclic amines) is 1. The standard InChI is InChI=1S/C10H18F3NO/c1-7(2)14-4-3-9(10(11,12)13)8(5-14)6-15/h7-9,15H,3-6H2,1-2H3. The highest BCUT2D eigenvalue weighted by Gasteiger charge is 2.46. The van der Waals surface area contributed by atoms with Gasteiger partial charge >= 0.3 is 6.18 Å². The molecule has 1 aliphatic heterocycles. The Morgan fingerprint density at radius 3 is 2.40 bits per heavy atom. The normalized spacial score (nSPS) is 29.8. The van der Waals surface area contributed by atoms with Crippen molar-refractivity contribution >= 4 is 0 Å². The van der Waals surface area contributed by atoms with Gasteiger partial charge in [0.2, 0.25) is 0 Å². The van der Waals surface area contributed by atoms with Crippen LogP contribution in [0.25, 0.3) is 0 Å². The number of aliphatic hydroxyl groups is 1. The van der Waals surface area contributed by atoms with E-state index in [4.69, 9.17) is 5.11 Å². The van der Waals surface area contributed by atoms with Gasteiger partial charge in [0.05, 0.1) is 5.92 Å². The van der Waals surface area contributed by atoms with Gasteiger partial charge in [-0.05, 0) is 26.8 Å². The Balaban J connectivity index is 2.65. The predicted octanol–water partition coefficient (Wildman–Crippen LogP) is 1.89. The van der Waals surface area contributed by atoms with Gasteiger partial charge in [-0.1, -0.05) is 0 Å². The third-order valence-corrected chi connectivity index (χ3v) is 3.15. The SMILES string of the molecule is CC(C)N1CCC(C(F)(F)F)C(CO)C1. The number of hydrogen-bond donors (Lipinski definition) is 1. The van der Waals surface area contributed by atoms with Crippen molar-refractivity contribution in [1.29, 1.82) is 0 Å². The van der Waals surface area contributed by atoms with Gasteiger partial charge < -0.3 is 10.0 Å². The molecule has 0 amide bonds. The molecule has 90 valence electrons. The molecule has 2 atom stereocenters. The van der Waals surface area contributed by atoms with Crippen LogP contribution in [-0.4, -0.2) is 41.9 Å². The first-order chi connectivity index (χ1) is 6.86. The van der Waals surface area contributed by atoms with E-state index in [-0.39, 0.29) is 19.1 Å². The molecule has 0 spiro atoms. The van der Waals surface area contributed by atoms with Gasteiger partial charge in [-0.25, -0.2) is 0 Å². The second-order valence-corrected chi connectivity index (χ2v) is 4.47. The smallest absolute Gasteiger partial charge is 0.392 e. The van der Waals surface area contributed by atoms with Gasteiger partial charge in [-0.2, -0.15) is 13.2 Å². The third-order valence-electron chi connectivity index (χ3n) is 3.15. The van der Waals surface area contributed by atoms with Gasteiger partial charge in [0.15, 0.2) is 0 Å². The zero-order valence-electron chi connectivity index (χ0n) is 9.09. The predicted molar refractivity (Wildman–Crippen MR) is 51.4 cm³/mol. The van der Waals surface area contributed by atoms with Gasteiger partial charge in [0.25, 0.3) is 0 Å². The van der Waals surface area contributed by atoms with Crippen LogP contribution in [0.15, 0.2) is 0 Å². The summed E-state index contributed by atoms with van der Waals surface area (Å²) in [5, 5.41) is 9.00. The lowest BCUT2D eigenvalue weighted by Gasteiger charge is -2.40. The number of rotatable bonds is 2. The third kappa shape index (κ3) is 3.08. The van der Waals surface area contributed by atoms with E-state index < -0.39 is 18.0 Å². The number of aliphatic hydroxyl groups excluding tert-OH is 1. The lowest BCUT2D eigenvalue weighted by Crippen LogP contribution is -2.49. The molecule has 1 fully saturated rings. The van der Waals surface area contributed by atoms with E-state index in [1.165, 1.54) is 0 Å². The topological polar surface area (TPSA) is 23.5 Å². The van der Waals surface area contributed by atoms with Crippen LogP contribution >= 0.6 is 0 Å². The van der Waals surface area contributed by atoms with Crippen molar-refractivity contribution in [3.8, 4) is 0 Å². The minimum absolute atomic E-state index is 0.104. The van der Waals surface area contributed by atoms with Crippen LogP contribution in [0.5, 0.6) is 0 Å². The van der Waals surface area contributed by atoms with Crippen molar-refractivity contribution < 1.29 is 18.3 Å². The minimum atomic E-state index is -4.17. The van der Waals surface area contributed by atoms with Crippen molar-refractivity contribution in [2.45, 2.75) is 32.5 Å². The van der Waals surface area contributed by atoms with Crippen molar-refractivity contribution in [3.05, 3.63) is 0 Å². The van der Waals surface area contributed by atoms with Crippen molar-refractivity contribution in [1.82, 2.24) is 4.90 Å². The molecule has 5 heteroatoms. The fraction of sp³-hybridized carbons (Fsp3) is 1.00. The van der Waals surface area contributed by atoms with E-state index in [0.717, 1.165) is 0 Å². The number of alkyl halides is 3. The molecule has 1 aliphatic rings. The minimum Gasteiger partial charge on any atom is -0.396 e. The molecule has 0 aromatic heterocycles. The first-order valence-electron chi connectivity index (χ1n) is 5.28. The summed E-state index contributed by atoms with van der Waals surface area (Å²) in [6, 6.07) is 0.244. The summed E-state index contributed by atoms with van der Waals surface area (Å²) in [7, 11) is 0. The molecule has 0 saturated carbocycles. The van der Waals surface area contributed by atoms with Crippen LogP contribution in [-0.2, 0) is 0 Å². The van der Waals surface area contributed by atoms with Gasteiger partial charge in [0.1, 0.15) is 0 Å². The molecule has 1 N–H and O–H groups in total. The first kappa shape index (κ1) is 12.8. The van der Waals surface area contributed by atoms with Crippen LogP contribution in [0, 0.1) is 11.8 Å². The molecular weight excluding hydrogens is 207 g/mol. The summed E-state index contributed by atoms with van der Waals surface area (Å²) in [5.41, 5.74) is 0. The highest BCUT2D eigenvalue weighted by Crippen LogP contribution is 2.37. The Morgan fingerprint density at radius 1 is 1.40 bits per heavy atom. The summed E-state index contributed by atoms with van der Waals surface area (Å²) < 4.78 is 37.7. The Kier molecular flexibility index (Phi) is 4.00. The van der Waals surface area contributed by atoms with Gasteiger partial charge in [-0.3, -0.25) is 0 Å². The highest BCUT2D eigenvalue weighted by atomic mass is 19.4. The Hall–Kier alpha value is -0.290. The van der Waals surface area contributed by atoms with Gasteiger partial charge in [-0.15, -0.1) is 0 Å². The van der Waals surface area contributed by atoms with Crippen LogP contribution in [0.4, 0.5) is 13.2 Å². The summed E-state index contributed by atoms with van der Waals surface area (Å²) in [5.74, 6) is -2.00. The van der Waals surface area contributed by atoms with E-state index in [9.17, 15) is 13.2 Å². The monoisotopic (exact) mass is 225 g/mol. The molecule has 15 heavy (non-hydrogen) atoms. The second kappa shape index (κ2) is 4.70. The number of piperidine rings is 1. The largest absolute Gasteiger partial charge is 0.396 e. The average molecular weight is 225 g/mol. The molecular formula is C10H18F3NO. The highest BCUT2D eigenvalue weighted by molar-refractivity contribution is 4.85. The Bertz CT molecular complexity index is 205. The lowest BCUT2D eigenvalue weighted by atomic mass is 9.85. The zero-order chi connectivity index (χ0) is 11.6. The average Bonchev–Trinajstić information content (AvgIpc) is 2.15. The second-order valence-electron chi connectivity index (χ2n) is 4.47. The molecule has 0 bridgehead atoms. The summed E-state index contributed by atoms with van der Waals surface area (Å²) >= 11 is 0. The molecule has 2 unspecified atom stereocenters. The fourth-order valence-corrected chi connectivity index (χ4v) is 2.15. The van der Waals surface area contributed by atoms with E-state index >= 15 is 0 Å². The molecule has 0 aromatic carbocycles. The molecule has 2 nitrogen and oxygen atoms in total. The van der Waals surface area contributed by atoms with E-state index in [2.05, 4.69) is 0 Å². The van der Waals surface area contributed by atoms with Crippen LogP contribution < -0.4 is 0 Å². The van der Waals surface area contributed by atoms with Crippen molar-refractivity contribution in [2.75, 3.05) is 19.7 Å². The summed E-state index contributed by atoms with van der Waals surface area (Å²) in [6.45, 7) is 4.36. The van der Waals surface area contributed by atoms with Crippen LogP contribution in [0.2, 0.25) is 0 Å². The molecule has 1 rings (SSSR count). The Labute approximate surface area is 88.1 Å². The molecule has 1 saturated heterocycles. The van der Waals surface area contributed by atoms with Crippen LogP contribution in [0.3, 0.4) is 0 Å². The van der Waals surface area contributed by atoms with Crippen molar-refractivity contribution in [2.24, 2.45) is 11.8 Å². The van der Waals surface area contributed by atoms with Crippen molar-refractivity contribution in [3.63, 3.8) is 0 Å². The maximum atomic E-state index is 12.6. The van der Waals surface area contributed by atoms with E-state index in [1.807, 2.05) is 18.7 Å². The lowest BCUT2D eigenvalue weighted by molar-refractivity contribution is -0.205. The molecule has 0 radical (unpaired) electrons. The fourth-order valence-electron chi connectivity index (χ4n) is 2.15. The molecule has 0 aliphatic carbocycles. The maximum Gasteiger partial charge on any atom is 0.392 e. The van der Waals surface area contributed by atoms with Gasteiger partial charge in [0, 0.05) is 25.1 Å². The summed E-state index contributed by atoms with van der Waals surface area (Å²) in [4.78, 5) is 1.99. The number of nitrogens with zero attached hydrogens (tertiary/aromatic N) is 1. The maximum absolute atomic E-state index is 12.6. The zero-order valence-corrected chi connectivity index (χ0v) is 9.09. The number of halogens is 3. The molecule has 0 aromatic rings. The number of hydrogen-bond acceptors (Lipinski definition) is 2. The summed E-state index contributed by atoms with van der Waals surface area (Å²) in [6.07, 6.45) is -4.07. The molecule has 1 heterocycles. The Morgan fingerprint density at radius 2 is 2.00 bits per heavy atom. The quantitative estimate of drug-likeness (QED) is 0.775. The van der Waals surface area contributed by atoms with E-state index in [1.54, 1.807) is 0 Å². The first-order valence-corrected chi connectivity index (χ1v) is 5.28. The van der Waals surface area contributed by atoms with E-state index in [0.29, 0.717) is 13.1 Å².